The summed E-state index contributed by atoms with van der Waals surface area (Å²) in [6.45, 7) is 3.34. The number of nitrogens with one attached hydrogen (secondary N) is 1. The highest BCUT2D eigenvalue weighted by atomic mass is 32.2. The van der Waals surface area contributed by atoms with E-state index in [0.717, 1.165) is 0 Å². The molecule has 0 aliphatic rings. The lowest BCUT2D eigenvalue weighted by atomic mass is 10.2. The molecule has 0 saturated carbocycles. The summed E-state index contributed by atoms with van der Waals surface area (Å²) in [4.78, 5) is 26.2. The number of carbonyl (C=O) groups excluding carboxylic acids is 2. The van der Waals surface area contributed by atoms with Crippen molar-refractivity contribution in [1.29, 1.82) is 0 Å². The largest absolute Gasteiger partial charge is 0.497 e. The molecular formula is C21H27N3O5S. The summed E-state index contributed by atoms with van der Waals surface area (Å²) in [5.74, 6) is -0.165. The molecule has 0 radical (unpaired) electrons. The van der Waals surface area contributed by atoms with Crippen LogP contribution in [0.15, 0.2) is 53.4 Å². The Morgan fingerprint density at radius 1 is 1.07 bits per heavy atom. The number of carbonyl (C=O) groups is 2. The molecule has 0 aliphatic heterocycles. The van der Waals surface area contributed by atoms with Crippen molar-refractivity contribution in [1.82, 2.24) is 9.21 Å². The molecule has 0 fully saturated rings. The number of rotatable bonds is 8. The molecule has 2 rings (SSSR count). The Bertz CT molecular complexity index is 1000. The fourth-order valence-electron chi connectivity index (χ4n) is 2.62. The van der Waals surface area contributed by atoms with Crippen LogP contribution in [-0.2, 0) is 14.8 Å². The first-order chi connectivity index (χ1) is 14.1. The van der Waals surface area contributed by atoms with Crippen molar-refractivity contribution < 1.29 is 22.7 Å². The van der Waals surface area contributed by atoms with Crippen LogP contribution >= 0.6 is 0 Å². The van der Waals surface area contributed by atoms with Crippen molar-refractivity contribution in [3.8, 4) is 5.75 Å². The van der Waals surface area contributed by atoms with E-state index >= 15 is 0 Å². The SMILES string of the molecule is COc1ccc(NC(=O)CN(C)C(=O)c2cccc(S(=O)(=O)N(C)C(C)C)c2)cc1. The van der Waals surface area contributed by atoms with Gasteiger partial charge in [0.1, 0.15) is 5.75 Å². The van der Waals surface area contributed by atoms with Gasteiger partial charge in [-0.1, -0.05) is 6.07 Å². The maximum absolute atomic E-state index is 12.7. The maximum atomic E-state index is 12.7. The van der Waals surface area contributed by atoms with E-state index in [2.05, 4.69) is 5.32 Å². The standard InChI is InChI=1S/C21H27N3O5S/c1-15(2)24(4)30(27,28)19-8-6-7-16(13-19)21(26)23(3)14-20(25)22-17-9-11-18(29-5)12-10-17/h6-13,15H,14H2,1-5H3,(H,22,25). The quantitative estimate of drug-likeness (QED) is 0.690. The topological polar surface area (TPSA) is 96.0 Å². The van der Waals surface area contributed by atoms with E-state index in [-0.39, 0.29) is 29.0 Å². The Kier molecular flexibility index (Phi) is 7.58. The van der Waals surface area contributed by atoms with Gasteiger partial charge in [-0.05, 0) is 56.3 Å². The van der Waals surface area contributed by atoms with Crippen molar-refractivity contribution in [2.75, 3.05) is 33.1 Å². The summed E-state index contributed by atoms with van der Waals surface area (Å²) in [6, 6.07) is 12.4. The summed E-state index contributed by atoms with van der Waals surface area (Å²) in [5.41, 5.74) is 0.763. The van der Waals surface area contributed by atoms with Crippen molar-refractivity contribution in [2.24, 2.45) is 0 Å². The molecule has 0 heterocycles. The minimum atomic E-state index is -3.72. The highest BCUT2D eigenvalue weighted by molar-refractivity contribution is 7.89. The predicted molar refractivity (Wildman–Crippen MR) is 115 cm³/mol. The normalized spacial score (nSPS) is 11.4. The molecule has 2 amide bonds. The average molecular weight is 434 g/mol. The van der Waals surface area contributed by atoms with E-state index in [9.17, 15) is 18.0 Å². The van der Waals surface area contributed by atoms with Gasteiger partial charge < -0.3 is 15.0 Å². The number of ether oxygens (including phenoxy) is 1. The zero-order valence-electron chi connectivity index (χ0n) is 17.7. The number of hydrogen-bond acceptors (Lipinski definition) is 5. The molecule has 2 aromatic carbocycles. The lowest BCUT2D eigenvalue weighted by Gasteiger charge is -2.22. The van der Waals surface area contributed by atoms with Gasteiger partial charge in [0.25, 0.3) is 5.91 Å². The monoisotopic (exact) mass is 433 g/mol. The lowest BCUT2D eigenvalue weighted by Crippen LogP contribution is -2.35. The van der Waals surface area contributed by atoms with Gasteiger partial charge in [0.05, 0.1) is 18.6 Å². The van der Waals surface area contributed by atoms with E-state index in [1.807, 2.05) is 0 Å². The smallest absolute Gasteiger partial charge is 0.254 e. The zero-order chi connectivity index (χ0) is 22.5. The van der Waals surface area contributed by atoms with E-state index in [1.165, 1.54) is 47.6 Å². The molecule has 0 aliphatic carbocycles. The molecular weight excluding hydrogens is 406 g/mol. The van der Waals surface area contributed by atoms with Crippen LogP contribution < -0.4 is 10.1 Å². The molecule has 0 saturated heterocycles. The van der Waals surface area contributed by atoms with Crippen molar-refractivity contribution in [2.45, 2.75) is 24.8 Å². The van der Waals surface area contributed by atoms with E-state index in [0.29, 0.717) is 11.4 Å². The van der Waals surface area contributed by atoms with Gasteiger partial charge in [0.2, 0.25) is 15.9 Å². The Hall–Kier alpha value is -2.91. The maximum Gasteiger partial charge on any atom is 0.254 e. The number of sulfonamides is 1. The molecule has 162 valence electrons. The van der Waals surface area contributed by atoms with Crippen LogP contribution in [0.5, 0.6) is 5.75 Å². The van der Waals surface area contributed by atoms with Crippen LogP contribution in [0.1, 0.15) is 24.2 Å². The van der Waals surface area contributed by atoms with Crippen LogP contribution in [0.4, 0.5) is 5.69 Å². The van der Waals surface area contributed by atoms with Gasteiger partial charge >= 0.3 is 0 Å². The zero-order valence-corrected chi connectivity index (χ0v) is 18.6. The number of nitrogens with zero attached hydrogens (tertiary/aromatic N) is 2. The third-order valence-electron chi connectivity index (χ3n) is 4.59. The Morgan fingerprint density at radius 2 is 1.70 bits per heavy atom. The number of benzene rings is 2. The lowest BCUT2D eigenvalue weighted by molar-refractivity contribution is -0.116. The van der Waals surface area contributed by atoms with Gasteiger partial charge in [0, 0.05) is 31.4 Å². The molecule has 1 N–H and O–H groups in total. The summed E-state index contributed by atoms with van der Waals surface area (Å²) in [7, 11) is 0.808. The van der Waals surface area contributed by atoms with Crippen LogP contribution in [0.3, 0.4) is 0 Å². The second-order valence-electron chi connectivity index (χ2n) is 7.08. The molecule has 0 spiro atoms. The van der Waals surface area contributed by atoms with E-state index in [1.54, 1.807) is 45.2 Å². The number of likely N-dealkylation sites (N-methyl/N-ethyl adjacent to an activating group) is 1. The Morgan fingerprint density at radius 3 is 2.27 bits per heavy atom. The first-order valence-electron chi connectivity index (χ1n) is 9.33. The van der Waals surface area contributed by atoms with E-state index in [4.69, 9.17) is 4.74 Å². The second-order valence-corrected chi connectivity index (χ2v) is 9.08. The molecule has 0 atom stereocenters. The van der Waals surface area contributed by atoms with Gasteiger partial charge in [-0.15, -0.1) is 0 Å². The summed E-state index contributed by atoms with van der Waals surface area (Å²) in [6.07, 6.45) is 0. The minimum Gasteiger partial charge on any atom is -0.497 e. The number of amides is 2. The van der Waals surface area contributed by atoms with Crippen molar-refractivity contribution in [3.63, 3.8) is 0 Å². The highest BCUT2D eigenvalue weighted by Crippen LogP contribution is 2.19. The average Bonchev–Trinajstić information content (AvgIpc) is 2.72. The van der Waals surface area contributed by atoms with Crippen LogP contribution in [0.25, 0.3) is 0 Å². The third kappa shape index (κ3) is 5.58. The molecule has 8 nitrogen and oxygen atoms in total. The molecule has 30 heavy (non-hydrogen) atoms. The van der Waals surface area contributed by atoms with Crippen molar-refractivity contribution >= 4 is 27.5 Å². The second kappa shape index (κ2) is 9.73. The Labute approximate surface area is 177 Å². The number of anilines is 1. The third-order valence-corrected chi connectivity index (χ3v) is 6.62. The molecule has 0 unspecified atom stereocenters. The van der Waals surface area contributed by atoms with Gasteiger partial charge in [-0.2, -0.15) is 4.31 Å². The first-order valence-corrected chi connectivity index (χ1v) is 10.8. The highest BCUT2D eigenvalue weighted by Gasteiger charge is 2.24. The number of methoxy groups -OCH3 is 1. The molecule has 0 aromatic heterocycles. The van der Waals surface area contributed by atoms with Crippen LogP contribution in [-0.4, -0.2) is 63.2 Å². The van der Waals surface area contributed by atoms with Gasteiger partial charge in [0.15, 0.2) is 0 Å². The molecule has 9 heteroatoms. The van der Waals surface area contributed by atoms with Crippen LogP contribution in [0.2, 0.25) is 0 Å². The Balaban J connectivity index is 2.09. The predicted octanol–water partition coefficient (Wildman–Crippen LogP) is 2.43. The summed E-state index contributed by atoms with van der Waals surface area (Å²) < 4.78 is 31.7. The first kappa shape index (κ1) is 23.4. The van der Waals surface area contributed by atoms with E-state index < -0.39 is 15.9 Å². The van der Waals surface area contributed by atoms with Gasteiger partial charge in [-0.25, -0.2) is 8.42 Å². The molecule has 2 aromatic rings. The minimum absolute atomic E-state index is 0.0284. The van der Waals surface area contributed by atoms with Gasteiger partial charge in [-0.3, -0.25) is 9.59 Å². The fraction of sp³-hybridized carbons (Fsp3) is 0.333. The van der Waals surface area contributed by atoms with Crippen LogP contribution in [0, 0.1) is 0 Å². The number of hydrogen-bond donors (Lipinski definition) is 1. The van der Waals surface area contributed by atoms with Crippen molar-refractivity contribution in [3.05, 3.63) is 54.1 Å². The summed E-state index contributed by atoms with van der Waals surface area (Å²) in [5, 5.41) is 2.70. The fourth-order valence-corrected chi connectivity index (χ4v) is 4.03. The summed E-state index contributed by atoms with van der Waals surface area (Å²) >= 11 is 0. The molecule has 0 bridgehead atoms.